The third-order valence-electron chi connectivity index (χ3n) is 7.27. The largest absolute Gasteiger partial charge is 0.513 e. The Balaban J connectivity index is 1.83. The average Bonchev–Trinajstić information content (AvgIpc) is 3.13. The van der Waals surface area contributed by atoms with E-state index in [1.54, 1.807) is 6.26 Å². The van der Waals surface area contributed by atoms with E-state index in [1.165, 1.54) is 13.8 Å². The number of likely N-dealkylation sites (tertiary alicyclic amines) is 1. The Bertz CT molecular complexity index is 1060. The van der Waals surface area contributed by atoms with Crippen LogP contribution in [0.1, 0.15) is 53.0 Å². The minimum absolute atomic E-state index is 0.148. The molecular weight excluding hydrogens is 414 g/mol. The van der Waals surface area contributed by atoms with Crippen LogP contribution in [-0.2, 0) is 24.5 Å². The van der Waals surface area contributed by atoms with Gasteiger partial charge in [-0.1, -0.05) is 6.07 Å². The second kappa shape index (κ2) is 7.07. The van der Waals surface area contributed by atoms with Crippen LogP contribution in [0.15, 0.2) is 34.9 Å². The third-order valence-corrected chi connectivity index (χ3v) is 7.27. The number of furan rings is 1. The van der Waals surface area contributed by atoms with Crippen molar-refractivity contribution in [2.45, 2.75) is 64.2 Å². The van der Waals surface area contributed by atoms with Crippen LogP contribution >= 0.6 is 0 Å². The molecule has 3 heterocycles. The van der Waals surface area contributed by atoms with Crippen LogP contribution in [0, 0.1) is 5.92 Å². The molecule has 2 aliphatic rings. The lowest BCUT2D eigenvalue weighted by Gasteiger charge is -2.53. The highest BCUT2D eigenvalue weighted by atomic mass is 16.7. The molecular formula is C24H30NO7+. The standard InChI is InChI=1S/C24H29NO7/c1-22(2,3)25(21(28)29)11-9-24(10-12-25,16-6-7-17-15(14-16)8-13-30-17)18-19(26)31-23(4,5)32-20(18)27/h6-8,13-14,18H,9-12H2,1-5H3/p+1. The minimum Gasteiger partial charge on any atom is -0.464 e. The Morgan fingerprint density at radius 2 is 1.66 bits per heavy atom. The van der Waals surface area contributed by atoms with Gasteiger partial charge in [0.1, 0.15) is 11.1 Å². The normalized spacial score (nSPS) is 28.9. The molecule has 32 heavy (non-hydrogen) atoms. The van der Waals surface area contributed by atoms with Gasteiger partial charge in [0.05, 0.1) is 19.4 Å². The van der Waals surface area contributed by atoms with Gasteiger partial charge in [-0.2, -0.15) is 4.79 Å². The van der Waals surface area contributed by atoms with Crippen molar-refractivity contribution in [3.63, 3.8) is 0 Å². The van der Waals surface area contributed by atoms with Crippen molar-refractivity contribution in [3.8, 4) is 0 Å². The summed E-state index contributed by atoms with van der Waals surface area (Å²) in [6.07, 6.45) is 1.30. The molecule has 2 aliphatic heterocycles. The predicted octanol–water partition coefficient (Wildman–Crippen LogP) is 4.21. The van der Waals surface area contributed by atoms with Gasteiger partial charge in [-0.05, 0) is 44.5 Å². The lowest BCUT2D eigenvalue weighted by Crippen LogP contribution is -2.69. The molecule has 172 valence electrons. The maximum atomic E-state index is 13.1. The topological polar surface area (TPSA) is 103 Å². The Morgan fingerprint density at radius 1 is 1.06 bits per heavy atom. The predicted molar refractivity (Wildman–Crippen MR) is 115 cm³/mol. The first kappa shape index (κ1) is 22.3. The van der Waals surface area contributed by atoms with Crippen molar-refractivity contribution in [2.24, 2.45) is 5.92 Å². The number of amides is 1. The number of carbonyl (C=O) groups excluding carboxylic acids is 2. The molecule has 0 atom stereocenters. The van der Waals surface area contributed by atoms with Crippen LogP contribution in [0.4, 0.5) is 4.79 Å². The number of carbonyl (C=O) groups is 3. The van der Waals surface area contributed by atoms with Crippen molar-refractivity contribution in [2.75, 3.05) is 13.1 Å². The number of hydrogen-bond acceptors (Lipinski definition) is 6. The molecule has 1 aromatic heterocycles. The number of fused-ring (bicyclic) bond motifs is 1. The number of nitrogens with zero attached hydrogens (tertiary/aromatic N) is 1. The zero-order chi connectivity index (χ0) is 23.5. The van der Waals surface area contributed by atoms with Crippen LogP contribution in [-0.4, -0.2) is 52.0 Å². The fourth-order valence-corrected chi connectivity index (χ4v) is 5.36. The fourth-order valence-electron chi connectivity index (χ4n) is 5.36. The van der Waals surface area contributed by atoms with E-state index in [0.29, 0.717) is 18.4 Å². The molecule has 2 aromatic rings. The number of benzene rings is 1. The highest BCUT2D eigenvalue weighted by Crippen LogP contribution is 2.49. The third kappa shape index (κ3) is 3.28. The van der Waals surface area contributed by atoms with Crippen LogP contribution in [0.25, 0.3) is 11.0 Å². The number of esters is 2. The molecule has 8 heteroatoms. The van der Waals surface area contributed by atoms with Crippen LogP contribution in [0.3, 0.4) is 0 Å². The fraction of sp³-hybridized carbons (Fsp3) is 0.542. The highest BCUT2D eigenvalue weighted by Gasteiger charge is 2.61. The lowest BCUT2D eigenvalue weighted by molar-refractivity contribution is -0.909. The SMILES string of the molecule is CC1(C)OC(=O)C(C2(c3ccc4occc4c3)CC[N+](C(=O)O)(C(C)(C)C)CC2)C(=O)O1. The summed E-state index contributed by atoms with van der Waals surface area (Å²) in [5.41, 5.74) is -0.0252. The summed E-state index contributed by atoms with van der Waals surface area (Å²) in [6, 6.07) is 7.40. The van der Waals surface area contributed by atoms with Crippen molar-refractivity contribution in [1.82, 2.24) is 0 Å². The van der Waals surface area contributed by atoms with Gasteiger partial charge in [-0.3, -0.25) is 9.59 Å². The van der Waals surface area contributed by atoms with Gasteiger partial charge >= 0.3 is 18.0 Å². The molecule has 0 bridgehead atoms. The minimum atomic E-state index is -1.33. The molecule has 1 amide bonds. The van der Waals surface area contributed by atoms with E-state index < -0.39 is 40.7 Å². The molecule has 1 N–H and O–H groups in total. The molecule has 0 saturated carbocycles. The average molecular weight is 445 g/mol. The summed E-state index contributed by atoms with van der Waals surface area (Å²) in [5, 5.41) is 11.0. The first-order chi connectivity index (χ1) is 14.8. The second-order valence-electron chi connectivity index (χ2n) is 10.4. The van der Waals surface area contributed by atoms with E-state index in [9.17, 15) is 19.5 Å². The van der Waals surface area contributed by atoms with Crippen LogP contribution in [0.5, 0.6) is 0 Å². The van der Waals surface area contributed by atoms with Gasteiger partial charge in [0.25, 0.3) is 5.79 Å². The summed E-state index contributed by atoms with van der Waals surface area (Å²) >= 11 is 0. The summed E-state index contributed by atoms with van der Waals surface area (Å²) in [4.78, 5) is 38.7. The number of carboxylic acid groups (broad SMARTS) is 1. The molecule has 2 saturated heterocycles. The number of hydrogen-bond donors (Lipinski definition) is 1. The Labute approximate surface area is 186 Å². The van der Waals surface area contributed by atoms with Gasteiger partial charge < -0.3 is 19.0 Å². The number of quaternary nitrogens is 1. The zero-order valence-electron chi connectivity index (χ0n) is 19.1. The smallest absolute Gasteiger partial charge is 0.464 e. The quantitative estimate of drug-likeness (QED) is 0.420. The first-order valence-electron chi connectivity index (χ1n) is 10.9. The molecule has 0 unspecified atom stereocenters. The summed E-state index contributed by atoms with van der Waals surface area (Å²) in [7, 11) is 0. The molecule has 0 aliphatic carbocycles. The van der Waals surface area contributed by atoms with E-state index in [4.69, 9.17) is 13.9 Å². The van der Waals surface area contributed by atoms with E-state index in [2.05, 4.69) is 0 Å². The van der Waals surface area contributed by atoms with Gasteiger partial charge in [-0.25, -0.2) is 4.48 Å². The number of cyclic esters (lactones) is 2. The van der Waals surface area contributed by atoms with Crippen LogP contribution in [0.2, 0.25) is 0 Å². The lowest BCUT2D eigenvalue weighted by atomic mass is 9.63. The number of ether oxygens (including phenoxy) is 2. The van der Waals surface area contributed by atoms with Crippen molar-refractivity contribution in [1.29, 1.82) is 0 Å². The molecule has 1 aromatic carbocycles. The second-order valence-corrected chi connectivity index (χ2v) is 10.4. The van der Waals surface area contributed by atoms with E-state index in [1.807, 2.05) is 45.0 Å². The monoisotopic (exact) mass is 444 g/mol. The number of rotatable bonds is 2. The van der Waals surface area contributed by atoms with Gasteiger partial charge in [0, 0.05) is 37.5 Å². The summed E-state index contributed by atoms with van der Waals surface area (Å²) in [6.45, 7) is 9.28. The molecule has 0 radical (unpaired) electrons. The maximum Gasteiger partial charge on any atom is 0.513 e. The Kier molecular flexibility index (Phi) is 4.93. The van der Waals surface area contributed by atoms with Gasteiger partial charge in [0.2, 0.25) is 0 Å². The summed E-state index contributed by atoms with van der Waals surface area (Å²) < 4.78 is 16.3. The number of piperidine rings is 1. The Morgan fingerprint density at radius 3 is 2.19 bits per heavy atom. The van der Waals surface area contributed by atoms with Crippen molar-refractivity contribution < 1.29 is 37.9 Å². The molecule has 8 nitrogen and oxygen atoms in total. The molecule has 4 rings (SSSR count). The van der Waals surface area contributed by atoms with Crippen molar-refractivity contribution in [3.05, 3.63) is 36.1 Å². The first-order valence-corrected chi connectivity index (χ1v) is 10.9. The zero-order valence-corrected chi connectivity index (χ0v) is 19.1. The maximum absolute atomic E-state index is 13.1. The van der Waals surface area contributed by atoms with E-state index >= 15 is 0 Å². The Hall–Kier alpha value is -2.87. The van der Waals surface area contributed by atoms with Crippen LogP contribution < -0.4 is 0 Å². The summed E-state index contributed by atoms with van der Waals surface area (Å²) in [5.74, 6) is -3.77. The van der Waals surface area contributed by atoms with Gasteiger partial charge in [0.15, 0.2) is 5.92 Å². The van der Waals surface area contributed by atoms with E-state index in [0.717, 1.165) is 10.9 Å². The molecule has 2 fully saturated rings. The van der Waals surface area contributed by atoms with Gasteiger partial charge in [-0.15, -0.1) is 0 Å². The van der Waals surface area contributed by atoms with E-state index in [-0.39, 0.29) is 17.6 Å². The molecule has 0 spiro atoms. The highest BCUT2D eigenvalue weighted by molar-refractivity contribution is 5.99. The van der Waals surface area contributed by atoms with Crippen molar-refractivity contribution >= 4 is 29.0 Å².